The van der Waals surface area contributed by atoms with E-state index in [0.29, 0.717) is 0 Å². The Morgan fingerprint density at radius 2 is 0.731 bits per heavy atom. The summed E-state index contributed by atoms with van der Waals surface area (Å²) in [6, 6.07) is 59.7. The number of pyridine rings is 1. The van der Waals surface area contributed by atoms with E-state index >= 15 is 0 Å². The number of thiophene rings is 1. The highest BCUT2D eigenvalue weighted by molar-refractivity contribution is 7.25. The van der Waals surface area contributed by atoms with Crippen molar-refractivity contribution in [3.05, 3.63) is 170 Å². The van der Waals surface area contributed by atoms with E-state index in [2.05, 4.69) is 177 Å². The number of fused-ring (bicyclic) bond motifs is 12. The maximum absolute atomic E-state index is 5.01. The van der Waals surface area contributed by atoms with Crippen molar-refractivity contribution in [3.63, 3.8) is 0 Å². The van der Waals surface area contributed by atoms with Gasteiger partial charge in [-0.25, -0.2) is 0 Å². The number of aromatic nitrogens is 4. The van der Waals surface area contributed by atoms with Crippen molar-refractivity contribution in [2.75, 3.05) is 0 Å². The summed E-state index contributed by atoms with van der Waals surface area (Å²) in [6.07, 6.45) is 2.03. The van der Waals surface area contributed by atoms with Gasteiger partial charge in [0.2, 0.25) is 0 Å². The van der Waals surface area contributed by atoms with E-state index in [1.807, 2.05) is 6.20 Å². The average Bonchev–Trinajstić information content (AvgIpc) is 3.93. The molecule has 0 saturated heterocycles. The van der Waals surface area contributed by atoms with Crippen LogP contribution in [0.25, 0.3) is 103 Å². The third-order valence-corrected chi connectivity index (χ3v) is 12.0. The molecule has 0 radical (unpaired) electrons. The van der Waals surface area contributed by atoms with Gasteiger partial charge in [0.25, 0.3) is 0 Å². The molecule has 0 saturated carbocycles. The summed E-state index contributed by atoms with van der Waals surface area (Å²) in [5.74, 6) is 0. The van der Waals surface area contributed by atoms with Crippen LogP contribution < -0.4 is 0 Å². The van der Waals surface area contributed by atoms with Crippen LogP contribution in [-0.2, 0) is 0 Å². The van der Waals surface area contributed by atoms with Crippen LogP contribution >= 0.6 is 11.3 Å². The van der Waals surface area contributed by atoms with Gasteiger partial charge in [-0.15, -0.1) is 11.3 Å². The second-order valence-electron chi connectivity index (χ2n) is 13.6. The summed E-state index contributed by atoms with van der Waals surface area (Å²) in [6.45, 7) is 0. The molecule has 0 N–H and O–H groups in total. The quantitative estimate of drug-likeness (QED) is 0.182. The molecule has 12 rings (SSSR count). The van der Waals surface area contributed by atoms with Gasteiger partial charge in [-0.1, -0.05) is 91.0 Å². The zero-order valence-corrected chi connectivity index (χ0v) is 28.7. The molecule has 0 amide bonds. The van der Waals surface area contributed by atoms with Crippen LogP contribution in [0.15, 0.2) is 170 Å². The lowest BCUT2D eigenvalue weighted by atomic mass is 10.1. The number of rotatable bonds is 3. The van der Waals surface area contributed by atoms with E-state index in [1.165, 1.54) is 80.2 Å². The Hall–Kier alpha value is -6.69. The van der Waals surface area contributed by atoms with Crippen molar-refractivity contribution in [1.82, 2.24) is 18.7 Å². The van der Waals surface area contributed by atoms with Crippen molar-refractivity contribution in [2.45, 2.75) is 0 Å². The molecule has 242 valence electrons. The van der Waals surface area contributed by atoms with E-state index in [4.69, 9.17) is 4.98 Å². The maximum Gasteiger partial charge on any atom is 0.0890 e. The van der Waals surface area contributed by atoms with Crippen molar-refractivity contribution < 1.29 is 0 Å². The molecule has 5 heterocycles. The molecule has 5 heteroatoms. The summed E-state index contributed by atoms with van der Waals surface area (Å²) in [5, 5.41) is 8.68. The van der Waals surface area contributed by atoms with Gasteiger partial charge in [-0.3, -0.25) is 4.98 Å². The Morgan fingerprint density at radius 1 is 0.327 bits per heavy atom. The lowest BCUT2D eigenvalue weighted by Gasteiger charge is -2.11. The van der Waals surface area contributed by atoms with Crippen molar-refractivity contribution in [3.8, 4) is 17.1 Å². The highest BCUT2D eigenvalue weighted by atomic mass is 32.1. The minimum Gasteiger partial charge on any atom is -0.309 e. The van der Waals surface area contributed by atoms with Crippen LogP contribution in [0.5, 0.6) is 0 Å². The molecule has 52 heavy (non-hydrogen) atoms. The fourth-order valence-corrected chi connectivity index (χ4v) is 9.76. The smallest absolute Gasteiger partial charge is 0.0890 e. The Kier molecular flexibility index (Phi) is 5.62. The molecule has 0 aliphatic heterocycles. The molecule has 0 unspecified atom stereocenters. The number of para-hydroxylation sites is 4. The van der Waals surface area contributed by atoms with Gasteiger partial charge in [0.15, 0.2) is 0 Å². The van der Waals surface area contributed by atoms with Crippen LogP contribution in [0.3, 0.4) is 0 Å². The van der Waals surface area contributed by atoms with E-state index in [1.54, 1.807) is 11.3 Å². The molecule has 5 aromatic heterocycles. The number of hydrogen-bond donors (Lipinski definition) is 0. The number of nitrogens with zero attached hydrogens (tertiary/aromatic N) is 4. The SMILES string of the molecule is c1ccc2c(c1)sc1cc(-n3c4ccccc4c4cc(-n5c6ccccc6c6cc(-n7c8ccccc8c8ccccc87)ccc65)ccc43)cnc12. The highest BCUT2D eigenvalue weighted by Gasteiger charge is 2.19. The van der Waals surface area contributed by atoms with Crippen LogP contribution in [-0.4, -0.2) is 18.7 Å². The van der Waals surface area contributed by atoms with Crippen LogP contribution in [0, 0.1) is 0 Å². The Morgan fingerprint density at radius 3 is 1.25 bits per heavy atom. The summed E-state index contributed by atoms with van der Waals surface area (Å²) in [7, 11) is 0. The molecule has 12 aromatic rings. The van der Waals surface area contributed by atoms with Crippen LogP contribution in [0.2, 0.25) is 0 Å². The third kappa shape index (κ3) is 3.78. The molecule has 0 aliphatic rings. The van der Waals surface area contributed by atoms with E-state index in [-0.39, 0.29) is 0 Å². The van der Waals surface area contributed by atoms with Crippen LogP contribution in [0.1, 0.15) is 0 Å². The molecular formula is C47H28N4S. The van der Waals surface area contributed by atoms with Crippen molar-refractivity contribution in [1.29, 1.82) is 0 Å². The topological polar surface area (TPSA) is 27.7 Å². The van der Waals surface area contributed by atoms with Gasteiger partial charge < -0.3 is 13.7 Å². The lowest BCUT2D eigenvalue weighted by Crippen LogP contribution is -1.97. The average molecular weight is 681 g/mol. The molecule has 0 aliphatic carbocycles. The predicted molar refractivity (Wildman–Crippen MR) is 220 cm³/mol. The first-order chi connectivity index (χ1) is 25.8. The Bertz CT molecular complexity index is 3370. The van der Waals surface area contributed by atoms with E-state index in [0.717, 1.165) is 22.6 Å². The standard InChI is InChI=1S/C47H28N4S/c1-6-16-39-32(11-1)33-12-2-7-17-40(33)49(39)29-21-23-43-37(25-29)34-13-3-8-18-41(34)50(43)30-22-24-44-38(26-30)35-14-4-9-19-42(35)51(44)31-27-46-47(48-28-31)36-15-5-10-20-45(36)52-46/h1-28H. The summed E-state index contributed by atoms with van der Waals surface area (Å²) in [5.41, 5.74) is 11.6. The van der Waals surface area contributed by atoms with Gasteiger partial charge in [-0.2, -0.15) is 0 Å². The van der Waals surface area contributed by atoms with E-state index < -0.39 is 0 Å². The third-order valence-electron chi connectivity index (χ3n) is 10.9. The monoisotopic (exact) mass is 680 g/mol. The highest BCUT2D eigenvalue weighted by Crippen LogP contribution is 2.40. The number of benzene rings is 7. The van der Waals surface area contributed by atoms with Gasteiger partial charge in [0.05, 0.1) is 55.2 Å². The molecule has 4 nitrogen and oxygen atoms in total. The van der Waals surface area contributed by atoms with Gasteiger partial charge >= 0.3 is 0 Å². The van der Waals surface area contributed by atoms with Crippen molar-refractivity contribution in [2.24, 2.45) is 0 Å². The lowest BCUT2D eigenvalue weighted by molar-refractivity contribution is 1.15. The van der Waals surface area contributed by atoms with E-state index in [9.17, 15) is 0 Å². The second-order valence-corrected chi connectivity index (χ2v) is 14.7. The molecule has 0 spiro atoms. The summed E-state index contributed by atoms with van der Waals surface area (Å²) >= 11 is 1.81. The number of hydrogen-bond acceptors (Lipinski definition) is 2. The first-order valence-electron chi connectivity index (χ1n) is 17.6. The molecule has 0 bridgehead atoms. The zero-order chi connectivity index (χ0) is 33.9. The largest absolute Gasteiger partial charge is 0.309 e. The maximum atomic E-state index is 5.01. The molecule has 7 aromatic carbocycles. The predicted octanol–water partition coefficient (Wildman–Crippen LogP) is 12.7. The second kappa shape index (κ2) is 10.4. The molecule has 0 fully saturated rings. The zero-order valence-electron chi connectivity index (χ0n) is 27.9. The Labute approximate surface area is 301 Å². The van der Waals surface area contributed by atoms with Crippen LogP contribution in [0.4, 0.5) is 0 Å². The fourth-order valence-electron chi connectivity index (χ4n) is 8.66. The summed E-state index contributed by atoms with van der Waals surface area (Å²) < 4.78 is 9.67. The summed E-state index contributed by atoms with van der Waals surface area (Å²) in [4.78, 5) is 5.01. The van der Waals surface area contributed by atoms with Gasteiger partial charge in [0, 0.05) is 53.8 Å². The Balaban J connectivity index is 1.08. The fraction of sp³-hybridized carbons (Fsp3) is 0. The molecular weight excluding hydrogens is 653 g/mol. The minimum absolute atomic E-state index is 1.07. The van der Waals surface area contributed by atoms with Gasteiger partial charge in [-0.05, 0) is 72.8 Å². The first kappa shape index (κ1) is 28.1. The van der Waals surface area contributed by atoms with Crippen molar-refractivity contribution >= 4 is 97.1 Å². The molecule has 0 atom stereocenters. The van der Waals surface area contributed by atoms with Gasteiger partial charge in [0.1, 0.15) is 0 Å². The normalized spacial score (nSPS) is 12.2. The first-order valence-corrected chi connectivity index (χ1v) is 18.4. The minimum atomic E-state index is 1.07.